The number of carboxylic acids is 1. The summed E-state index contributed by atoms with van der Waals surface area (Å²) < 4.78 is 5.24. The molecule has 0 fully saturated rings. The van der Waals surface area contributed by atoms with E-state index in [4.69, 9.17) is 15.6 Å². The zero-order chi connectivity index (χ0) is 14.6. The van der Waals surface area contributed by atoms with Crippen LogP contribution in [0.15, 0.2) is 24.3 Å². The van der Waals surface area contributed by atoms with Crippen LogP contribution in [0.3, 0.4) is 0 Å². The van der Waals surface area contributed by atoms with Gasteiger partial charge in [0.15, 0.2) is 0 Å². The van der Waals surface area contributed by atoms with Gasteiger partial charge in [-0.2, -0.15) is 0 Å². The molecule has 3 N–H and O–H groups in total. The van der Waals surface area contributed by atoms with Crippen molar-refractivity contribution < 1.29 is 19.4 Å². The van der Waals surface area contributed by atoms with Crippen LogP contribution in [0.4, 0.5) is 0 Å². The number of carbonyl (C=O) groups excluding carboxylic acids is 1. The molecule has 0 radical (unpaired) electrons. The first-order valence-corrected chi connectivity index (χ1v) is 6.00. The molecular formula is C14H19NO4. The van der Waals surface area contributed by atoms with Crippen molar-refractivity contribution in [1.29, 1.82) is 0 Å². The van der Waals surface area contributed by atoms with Gasteiger partial charge in [-0.15, -0.1) is 0 Å². The molecule has 1 rings (SSSR count). The predicted molar refractivity (Wildman–Crippen MR) is 70.9 cm³/mol. The normalized spacial score (nSPS) is 12.8. The Morgan fingerprint density at radius 2 is 2.00 bits per heavy atom. The van der Waals surface area contributed by atoms with Gasteiger partial charge in [-0.1, -0.05) is 12.1 Å². The highest BCUT2D eigenvalue weighted by Gasteiger charge is 2.18. The van der Waals surface area contributed by atoms with E-state index in [0.717, 1.165) is 0 Å². The highest BCUT2D eigenvalue weighted by atomic mass is 16.6. The lowest BCUT2D eigenvalue weighted by atomic mass is 10.0. The van der Waals surface area contributed by atoms with Crippen molar-refractivity contribution in [3.05, 3.63) is 35.4 Å². The number of esters is 1. The maximum Gasteiger partial charge on any atom is 0.338 e. The van der Waals surface area contributed by atoms with Crippen LogP contribution in [0, 0.1) is 0 Å². The summed E-state index contributed by atoms with van der Waals surface area (Å²) in [7, 11) is 0. The Bertz CT molecular complexity index is 477. The molecule has 0 amide bonds. The quantitative estimate of drug-likeness (QED) is 0.807. The van der Waals surface area contributed by atoms with Crippen LogP contribution in [0.25, 0.3) is 0 Å². The molecule has 0 bridgehead atoms. The van der Waals surface area contributed by atoms with E-state index in [0.29, 0.717) is 11.1 Å². The second kappa shape index (κ2) is 5.84. The summed E-state index contributed by atoms with van der Waals surface area (Å²) in [5.74, 6) is -1.50. The average Bonchev–Trinajstić information content (AvgIpc) is 2.27. The summed E-state index contributed by atoms with van der Waals surface area (Å²) in [4.78, 5) is 22.6. The number of carbonyl (C=O) groups is 2. The van der Waals surface area contributed by atoms with Crippen LogP contribution < -0.4 is 5.73 Å². The second-order valence-electron chi connectivity index (χ2n) is 5.35. The van der Waals surface area contributed by atoms with E-state index in [9.17, 15) is 9.59 Å². The molecule has 0 heterocycles. The van der Waals surface area contributed by atoms with Crippen LogP contribution in [-0.4, -0.2) is 28.7 Å². The molecule has 0 aliphatic carbocycles. The Labute approximate surface area is 112 Å². The van der Waals surface area contributed by atoms with E-state index in [1.54, 1.807) is 45.0 Å². The largest absolute Gasteiger partial charge is 0.480 e. The molecule has 0 saturated heterocycles. The summed E-state index contributed by atoms with van der Waals surface area (Å²) in [5.41, 5.74) is 5.98. The highest BCUT2D eigenvalue weighted by Crippen LogP contribution is 2.14. The Hall–Kier alpha value is -1.88. The van der Waals surface area contributed by atoms with Crippen LogP contribution in [0.5, 0.6) is 0 Å². The monoisotopic (exact) mass is 265 g/mol. The minimum Gasteiger partial charge on any atom is -0.480 e. The Morgan fingerprint density at radius 1 is 1.37 bits per heavy atom. The predicted octanol–water partition coefficient (Wildman–Crippen LogP) is 1.60. The second-order valence-corrected chi connectivity index (χ2v) is 5.35. The molecule has 1 aromatic carbocycles. The minimum absolute atomic E-state index is 0.173. The Kier molecular flexibility index (Phi) is 4.67. The van der Waals surface area contributed by atoms with Gasteiger partial charge in [0, 0.05) is 0 Å². The summed E-state index contributed by atoms with van der Waals surface area (Å²) in [5, 5.41) is 8.76. The van der Waals surface area contributed by atoms with Crippen molar-refractivity contribution in [2.75, 3.05) is 0 Å². The van der Waals surface area contributed by atoms with E-state index in [2.05, 4.69) is 0 Å². The fourth-order valence-electron chi connectivity index (χ4n) is 1.50. The average molecular weight is 265 g/mol. The molecule has 19 heavy (non-hydrogen) atoms. The number of carboxylic acid groups (broad SMARTS) is 1. The smallest absolute Gasteiger partial charge is 0.338 e. The van der Waals surface area contributed by atoms with E-state index in [1.165, 1.54) is 0 Å². The van der Waals surface area contributed by atoms with Crippen molar-refractivity contribution >= 4 is 11.9 Å². The zero-order valence-corrected chi connectivity index (χ0v) is 11.3. The number of benzene rings is 1. The van der Waals surface area contributed by atoms with Crippen LogP contribution >= 0.6 is 0 Å². The van der Waals surface area contributed by atoms with Gasteiger partial charge >= 0.3 is 11.9 Å². The standard InChI is InChI=1S/C14H19NO4/c1-14(2,3)19-13(18)10-6-4-5-9(7-10)8-11(15)12(16)17/h4-7,11H,8,15H2,1-3H3,(H,16,17). The topological polar surface area (TPSA) is 89.6 Å². The fraction of sp³-hybridized carbons (Fsp3) is 0.429. The third kappa shape index (κ3) is 5.09. The van der Waals surface area contributed by atoms with Crippen LogP contribution in [0.1, 0.15) is 36.7 Å². The molecule has 5 nitrogen and oxygen atoms in total. The molecule has 0 aliphatic rings. The van der Waals surface area contributed by atoms with Gasteiger partial charge in [0.05, 0.1) is 5.56 Å². The Balaban J connectivity index is 2.82. The van der Waals surface area contributed by atoms with Crippen molar-refractivity contribution in [3.8, 4) is 0 Å². The molecule has 1 unspecified atom stereocenters. The maximum atomic E-state index is 11.9. The first-order chi connectivity index (χ1) is 8.69. The molecule has 0 saturated carbocycles. The first kappa shape index (κ1) is 15.2. The molecule has 0 aliphatic heterocycles. The Morgan fingerprint density at radius 3 is 2.53 bits per heavy atom. The number of ether oxygens (including phenoxy) is 1. The lowest BCUT2D eigenvalue weighted by Gasteiger charge is -2.19. The molecule has 5 heteroatoms. The SMILES string of the molecule is CC(C)(C)OC(=O)c1cccc(CC(N)C(=O)O)c1. The third-order valence-corrected chi connectivity index (χ3v) is 2.33. The van der Waals surface area contributed by atoms with Gasteiger partial charge in [0.25, 0.3) is 0 Å². The summed E-state index contributed by atoms with van der Waals surface area (Å²) >= 11 is 0. The summed E-state index contributed by atoms with van der Waals surface area (Å²) in [6.07, 6.45) is 0.173. The maximum absolute atomic E-state index is 11.9. The lowest BCUT2D eigenvalue weighted by molar-refractivity contribution is -0.138. The van der Waals surface area contributed by atoms with Gasteiger partial charge in [-0.25, -0.2) is 4.79 Å². The summed E-state index contributed by atoms with van der Waals surface area (Å²) in [6.45, 7) is 5.36. The van der Waals surface area contributed by atoms with Gasteiger partial charge in [-0.05, 0) is 44.9 Å². The number of hydrogen-bond acceptors (Lipinski definition) is 4. The third-order valence-electron chi connectivity index (χ3n) is 2.33. The molecule has 1 aromatic rings. The van der Waals surface area contributed by atoms with Crippen molar-refractivity contribution in [1.82, 2.24) is 0 Å². The van der Waals surface area contributed by atoms with Crippen LogP contribution in [0.2, 0.25) is 0 Å². The number of rotatable bonds is 4. The van der Waals surface area contributed by atoms with Crippen molar-refractivity contribution in [2.24, 2.45) is 5.73 Å². The van der Waals surface area contributed by atoms with Crippen LogP contribution in [-0.2, 0) is 16.0 Å². The van der Waals surface area contributed by atoms with E-state index >= 15 is 0 Å². The van der Waals surface area contributed by atoms with E-state index < -0.39 is 23.6 Å². The number of aliphatic carboxylic acids is 1. The lowest BCUT2D eigenvalue weighted by Crippen LogP contribution is -2.32. The first-order valence-electron chi connectivity index (χ1n) is 6.00. The number of nitrogens with two attached hydrogens (primary N) is 1. The van der Waals surface area contributed by atoms with Crippen molar-refractivity contribution in [3.63, 3.8) is 0 Å². The fourth-order valence-corrected chi connectivity index (χ4v) is 1.50. The van der Waals surface area contributed by atoms with Gasteiger partial charge in [0.1, 0.15) is 11.6 Å². The zero-order valence-electron chi connectivity index (χ0n) is 11.3. The van der Waals surface area contributed by atoms with E-state index in [-0.39, 0.29) is 6.42 Å². The highest BCUT2D eigenvalue weighted by molar-refractivity contribution is 5.89. The van der Waals surface area contributed by atoms with Crippen molar-refractivity contribution in [2.45, 2.75) is 38.8 Å². The van der Waals surface area contributed by atoms with Gasteiger partial charge in [0.2, 0.25) is 0 Å². The summed E-state index contributed by atoms with van der Waals surface area (Å²) in [6, 6.07) is 5.68. The number of hydrogen-bond donors (Lipinski definition) is 2. The van der Waals surface area contributed by atoms with Gasteiger partial charge in [-0.3, -0.25) is 4.79 Å². The molecular weight excluding hydrogens is 246 g/mol. The molecule has 104 valence electrons. The molecule has 0 spiro atoms. The minimum atomic E-state index is -1.07. The van der Waals surface area contributed by atoms with E-state index in [1.807, 2.05) is 0 Å². The van der Waals surface area contributed by atoms with Gasteiger partial charge < -0.3 is 15.6 Å². The molecule has 0 aromatic heterocycles. The molecule has 1 atom stereocenters.